The maximum Gasteiger partial charge on any atom is 0.406 e. The zero-order valence-electron chi connectivity index (χ0n) is 24.4. The lowest BCUT2D eigenvalue weighted by molar-refractivity contribution is -0.140. The number of anilines is 4. The number of hydrogen-bond donors (Lipinski definition) is 3. The number of rotatable bonds is 11. The van der Waals surface area contributed by atoms with E-state index in [0.29, 0.717) is 40.2 Å². The minimum atomic E-state index is -4.44. The standard InChI is InChI=1S/C32H34F3N5O3/c1-36-31(41)22-10-15-28(30(19-22)43-4)37-16-6-7-25-20-26-27(8-5-9-29(26)40(25)21-32(33,34)35)38-23-11-13-24(14-12-23)39(2)17-18-42-3/h5,8-15,19-20,37-38H,16-18,21H2,1-4H3,(H,36,41). The molecule has 0 aliphatic carbocycles. The van der Waals surface area contributed by atoms with E-state index in [2.05, 4.69) is 32.7 Å². The van der Waals surface area contributed by atoms with Crippen molar-refractivity contribution in [3.8, 4) is 17.6 Å². The van der Waals surface area contributed by atoms with Gasteiger partial charge in [-0.15, -0.1) is 0 Å². The third kappa shape index (κ3) is 7.93. The first-order chi connectivity index (χ1) is 20.6. The van der Waals surface area contributed by atoms with Crippen LogP contribution in [0, 0.1) is 11.8 Å². The second kappa shape index (κ2) is 13.9. The highest BCUT2D eigenvalue weighted by Crippen LogP contribution is 2.32. The quantitative estimate of drug-likeness (QED) is 0.189. The molecule has 0 atom stereocenters. The zero-order chi connectivity index (χ0) is 31.0. The van der Waals surface area contributed by atoms with Gasteiger partial charge < -0.3 is 34.9 Å². The van der Waals surface area contributed by atoms with Crippen molar-refractivity contribution in [3.63, 3.8) is 0 Å². The molecule has 43 heavy (non-hydrogen) atoms. The molecule has 1 aromatic heterocycles. The van der Waals surface area contributed by atoms with Gasteiger partial charge >= 0.3 is 6.18 Å². The van der Waals surface area contributed by atoms with E-state index in [1.54, 1.807) is 43.5 Å². The smallest absolute Gasteiger partial charge is 0.406 e. The second-order valence-corrected chi connectivity index (χ2v) is 9.71. The maximum atomic E-state index is 13.6. The molecule has 0 unspecified atom stereocenters. The Morgan fingerprint density at radius 3 is 2.47 bits per heavy atom. The van der Waals surface area contributed by atoms with Crippen molar-refractivity contribution in [2.24, 2.45) is 0 Å². The summed E-state index contributed by atoms with van der Waals surface area (Å²) in [6.07, 6.45) is -4.44. The molecule has 0 radical (unpaired) electrons. The number of nitrogens with one attached hydrogen (secondary N) is 3. The van der Waals surface area contributed by atoms with Crippen LogP contribution >= 0.6 is 0 Å². The molecule has 4 aromatic rings. The average Bonchev–Trinajstić information content (AvgIpc) is 3.34. The number of carbonyl (C=O) groups excluding carboxylic acids is 1. The molecule has 0 bridgehead atoms. The summed E-state index contributed by atoms with van der Waals surface area (Å²) in [6.45, 7) is 0.315. The normalized spacial score (nSPS) is 11.0. The van der Waals surface area contributed by atoms with Crippen molar-refractivity contribution in [1.29, 1.82) is 0 Å². The first-order valence-corrected chi connectivity index (χ1v) is 13.5. The Bertz CT molecular complexity index is 1620. The highest BCUT2D eigenvalue weighted by Gasteiger charge is 2.30. The van der Waals surface area contributed by atoms with Crippen LogP contribution in [0.2, 0.25) is 0 Å². The van der Waals surface area contributed by atoms with Crippen LogP contribution in [-0.4, -0.2) is 64.7 Å². The molecule has 8 nitrogen and oxygen atoms in total. The van der Waals surface area contributed by atoms with E-state index in [1.165, 1.54) is 18.7 Å². The Morgan fingerprint density at radius 2 is 1.79 bits per heavy atom. The van der Waals surface area contributed by atoms with Crippen LogP contribution in [0.1, 0.15) is 16.1 Å². The molecular weight excluding hydrogens is 559 g/mol. The third-order valence-corrected chi connectivity index (χ3v) is 6.78. The lowest BCUT2D eigenvalue weighted by Gasteiger charge is -2.19. The van der Waals surface area contributed by atoms with Crippen LogP contribution in [0.15, 0.2) is 66.7 Å². The largest absolute Gasteiger partial charge is 0.495 e. The Hall–Kier alpha value is -4.82. The van der Waals surface area contributed by atoms with Gasteiger partial charge in [0.1, 0.15) is 12.3 Å². The molecule has 1 amide bonds. The number of hydrogen-bond acceptors (Lipinski definition) is 6. The molecule has 0 spiro atoms. The minimum absolute atomic E-state index is 0.138. The number of fused-ring (bicyclic) bond motifs is 1. The van der Waals surface area contributed by atoms with Crippen molar-refractivity contribution in [2.45, 2.75) is 12.7 Å². The fraction of sp³-hybridized carbons (Fsp3) is 0.281. The molecule has 0 saturated carbocycles. The number of halogens is 3. The van der Waals surface area contributed by atoms with Gasteiger partial charge in [-0.05, 0) is 66.6 Å². The van der Waals surface area contributed by atoms with E-state index < -0.39 is 12.7 Å². The second-order valence-electron chi connectivity index (χ2n) is 9.71. The number of ether oxygens (including phenoxy) is 2. The van der Waals surface area contributed by atoms with Gasteiger partial charge in [0.2, 0.25) is 0 Å². The van der Waals surface area contributed by atoms with Crippen molar-refractivity contribution in [3.05, 3.63) is 78.0 Å². The summed E-state index contributed by atoms with van der Waals surface area (Å²) < 4.78 is 52.5. The molecule has 226 valence electrons. The summed E-state index contributed by atoms with van der Waals surface area (Å²) in [6, 6.07) is 19.6. The van der Waals surface area contributed by atoms with E-state index in [4.69, 9.17) is 9.47 Å². The molecule has 0 saturated heterocycles. The molecule has 11 heteroatoms. The van der Waals surface area contributed by atoms with E-state index in [-0.39, 0.29) is 18.1 Å². The zero-order valence-corrected chi connectivity index (χ0v) is 24.4. The first kappa shape index (κ1) is 31.1. The van der Waals surface area contributed by atoms with Crippen molar-refractivity contribution < 1.29 is 27.4 Å². The van der Waals surface area contributed by atoms with Crippen molar-refractivity contribution in [2.75, 3.05) is 63.5 Å². The predicted molar refractivity (Wildman–Crippen MR) is 165 cm³/mol. The van der Waals surface area contributed by atoms with E-state index in [1.807, 2.05) is 37.4 Å². The van der Waals surface area contributed by atoms with Gasteiger partial charge in [-0.2, -0.15) is 13.2 Å². The summed E-state index contributed by atoms with van der Waals surface area (Å²) in [7, 11) is 6.65. The van der Waals surface area contributed by atoms with Crippen molar-refractivity contribution in [1.82, 2.24) is 9.88 Å². The number of nitrogens with zero attached hydrogens (tertiary/aromatic N) is 2. The van der Waals surface area contributed by atoms with E-state index >= 15 is 0 Å². The summed E-state index contributed by atoms with van der Waals surface area (Å²) >= 11 is 0. The number of likely N-dealkylation sites (N-methyl/N-ethyl adjacent to an activating group) is 1. The van der Waals surface area contributed by atoms with E-state index in [9.17, 15) is 18.0 Å². The van der Waals surface area contributed by atoms with Gasteiger partial charge in [-0.25, -0.2) is 0 Å². The molecular formula is C32H34F3N5O3. The molecule has 0 aliphatic heterocycles. The van der Waals surface area contributed by atoms with Gasteiger partial charge in [0, 0.05) is 55.8 Å². The topological polar surface area (TPSA) is 79.8 Å². The average molecular weight is 594 g/mol. The van der Waals surface area contributed by atoms with Gasteiger partial charge in [0.15, 0.2) is 0 Å². The Labute approximate surface area is 248 Å². The fourth-order valence-electron chi connectivity index (χ4n) is 4.56. The summed E-state index contributed by atoms with van der Waals surface area (Å²) in [5.74, 6) is 6.01. The molecule has 3 N–H and O–H groups in total. The lowest BCUT2D eigenvalue weighted by atomic mass is 10.1. The van der Waals surface area contributed by atoms with Crippen LogP contribution in [0.5, 0.6) is 5.75 Å². The van der Waals surface area contributed by atoms with Crippen LogP contribution in [0.25, 0.3) is 10.9 Å². The van der Waals surface area contributed by atoms with Gasteiger partial charge in [-0.3, -0.25) is 4.79 Å². The molecule has 1 heterocycles. The van der Waals surface area contributed by atoms with Gasteiger partial charge in [0.05, 0.1) is 37.2 Å². The third-order valence-electron chi connectivity index (χ3n) is 6.78. The Kier molecular flexibility index (Phi) is 10.1. The van der Waals surface area contributed by atoms with E-state index in [0.717, 1.165) is 17.9 Å². The number of aromatic nitrogens is 1. The van der Waals surface area contributed by atoms with Crippen LogP contribution in [-0.2, 0) is 11.3 Å². The summed E-state index contributed by atoms with van der Waals surface area (Å²) in [4.78, 5) is 14.0. The number of benzene rings is 3. The highest BCUT2D eigenvalue weighted by atomic mass is 19.4. The molecule has 0 aliphatic rings. The maximum absolute atomic E-state index is 13.6. The molecule has 0 fully saturated rings. The Morgan fingerprint density at radius 1 is 1.02 bits per heavy atom. The van der Waals surface area contributed by atoms with Gasteiger partial charge in [-0.1, -0.05) is 12.0 Å². The van der Waals surface area contributed by atoms with Crippen LogP contribution in [0.3, 0.4) is 0 Å². The lowest BCUT2D eigenvalue weighted by Crippen LogP contribution is -2.21. The molecule has 4 rings (SSSR count). The predicted octanol–water partition coefficient (Wildman–Crippen LogP) is 5.86. The highest BCUT2D eigenvalue weighted by molar-refractivity contribution is 5.96. The summed E-state index contributed by atoms with van der Waals surface area (Å²) in [5, 5.41) is 9.62. The van der Waals surface area contributed by atoms with Gasteiger partial charge in [0.25, 0.3) is 5.91 Å². The number of amides is 1. The monoisotopic (exact) mass is 593 g/mol. The Balaban J connectivity index is 1.58. The summed E-state index contributed by atoms with van der Waals surface area (Å²) in [5.41, 5.74) is 4.17. The number of carbonyl (C=O) groups is 1. The molecule has 3 aromatic carbocycles. The van der Waals surface area contributed by atoms with Crippen LogP contribution in [0.4, 0.5) is 35.9 Å². The SMILES string of the molecule is CNC(=O)c1ccc(NCC#Cc2cc3c(Nc4ccc(N(C)CCOC)cc4)cccc3n2CC(F)(F)F)c(OC)c1. The fourth-order valence-corrected chi connectivity index (χ4v) is 4.56. The minimum Gasteiger partial charge on any atom is -0.495 e. The van der Waals surface area contributed by atoms with Crippen LogP contribution < -0.4 is 25.6 Å². The number of alkyl halides is 3. The first-order valence-electron chi connectivity index (χ1n) is 13.5. The number of methoxy groups -OCH3 is 2. The van der Waals surface area contributed by atoms with Crippen molar-refractivity contribution >= 4 is 39.6 Å².